The highest BCUT2D eigenvalue weighted by Gasteiger charge is 2.33. The van der Waals surface area contributed by atoms with Crippen molar-refractivity contribution in [3.05, 3.63) is 23.2 Å². The molecule has 1 saturated heterocycles. The molecule has 2 N–H and O–H groups in total. The maximum Gasteiger partial charge on any atom is 0.244 e. The van der Waals surface area contributed by atoms with Gasteiger partial charge in [0.05, 0.1) is 9.92 Å². The highest BCUT2D eigenvalue weighted by molar-refractivity contribution is 7.91. The summed E-state index contributed by atoms with van der Waals surface area (Å²) in [6.07, 6.45) is 1.71. The van der Waals surface area contributed by atoms with Crippen LogP contribution in [0.5, 0.6) is 0 Å². The number of nitrogens with zero attached hydrogens (tertiary/aromatic N) is 1. The number of hydrogen-bond donors (Lipinski definition) is 1. The molecule has 2 rings (SSSR count). The van der Waals surface area contributed by atoms with Gasteiger partial charge in [-0.25, -0.2) is 16.8 Å². The van der Waals surface area contributed by atoms with E-state index in [2.05, 4.69) is 0 Å². The van der Waals surface area contributed by atoms with Crippen molar-refractivity contribution in [1.82, 2.24) is 4.31 Å². The van der Waals surface area contributed by atoms with E-state index >= 15 is 0 Å². The second kappa shape index (κ2) is 5.85. The third kappa shape index (κ3) is 3.40. The lowest BCUT2D eigenvalue weighted by atomic mass is 10.1. The standard InChI is InChI=1S/C12H17ClN2O4S2/c1-20(16,17)10-2-3-11(13)12(6-10)21(18,19)15-5-4-9(7-14)8-15/h2-3,6,9H,4-5,7-8,14H2,1H3/t9-/m1/s1. The SMILES string of the molecule is CS(=O)(=O)c1ccc(Cl)c(S(=O)(=O)N2CC[C@H](CN)C2)c1. The molecule has 0 spiro atoms. The van der Waals surface area contributed by atoms with E-state index in [9.17, 15) is 16.8 Å². The summed E-state index contributed by atoms with van der Waals surface area (Å²) >= 11 is 5.95. The largest absolute Gasteiger partial charge is 0.330 e. The Morgan fingerprint density at radius 1 is 1.33 bits per heavy atom. The Kier molecular flexibility index (Phi) is 4.65. The van der Waals surface area contributed by atoms with E-state index in [4.69, 9.17) is 17.3 Å². The summed E-state index contributed by atoms with van der Waals surface area (Å²) in [7, 11) is -7.32. The zero-order chi connectivity index (χ0) is 15.8. The fourth-order valence-electron chi connectivity index (χ4n) is 2.26. The van der Waals surface area contributed by atoms with Gasteiger partial charge in [0.2, 0.25) is 10.0 Å². The van der Waals surface area contributed by atoms with E-state index in [1.54, 1.807) is 0 Å². The maximum atomic E-state index is 12.6. The van der Waals surface area contributed by atoms with Crippen LogP contribution in [0.25, 0.3) is 0 Å². The number of halogens is 1. The van der Waals surface area contributed by atoms with Crippen LogP contribution in [0.1, 0.15) is 6.42 Å². The van der Waals surface area contributed by atoms with Crippen molar-refractivity contribution in [2.45, 2.75) is 16.2 Å². The summed E-state index contributed by atoms with van der Waals surface area (Å²) in [5.74, 6) is 0.122. The van der Waals surface area contributed by atoms with Gasteiger partial charge in [-0.2, -0.15) is 4.31 Å². The number of hydrogen-bond acceptors (Lipinski definition) is 5. The number of benzene rings is 1. The zero-order valence-electron chi connectivity index (χ0n) is 11.5. The van der Waals surface area contributed by atoms with Gasteiger partial charge in [0.1, 0.15) is 4.90 Å². The molecule has 1 aliphatic heterocycles. The predicted molar refractivity (Wildman–Crippen MR) is 80.5 cm³/mol. The number of nitrogens with two attached hydrogens (primary N) is 1. The van der Waals surface area contributed by atoms with Gasteiger partial charge in [0.15, 0.2) is 9.84 Å². The summed E-state index contributed by atoms with van der Waals surface area (Å²) in [5.41, 5.74) is 5.56. The van der Waals surface area contributed by atoms with Crippen molar-refractivity contribution < 1.29 is 16.8 Å². The third-order valence-corrected chi connectivity index (χ3v) is 6.99. The lowest BCUT2D eigenvalue weighted by molar-refractivity contribution is 0.459. The highest BCUT2D eigenvalue weighted by atomic mass is 35.5. The van der Waals surface area contributed by atoms with E-state index in [0.717, 1.165) is 12.3 Å². The fourth-order valence-corrected chi connectivity index (χ4v) is 5.01. The summed E-state index contributed by atoms with van der Waals surface area (Å²) in [6, 6.07) is 3.70. The molecule has 0 radical (unpaired) electrons. The molecule has 6 nitrogen and oxygen atoms in total. The van der Waals surface area contributed by atoms with Crippen molar-refractivity contribution in [3.8, 4) is 0 Å². The van der Waals surface area contributed by atoms with Crippen molar-refractivity contribution in [1.29, 1.82) is 0 Å². The minimum Gasteiger partial charge on any atom is -0.330 e. The number of sulfone groups is 1. The Hall–Kier alpha value is -0.670. The second-order valence-electron chi connectivity index (χ2n) is 5.12. The van der Waals surface area contributed by atoms with Gasteiger partial charge in [0, 0.05) is 19.3 Å². The Bertz CT molecular complexity index is 747. The van der Waals surface area contributed by atoms with Crippen LogP contribution in [-0.2, 0) is 19.9 Å². The van der Waals surface area contributed by atoms with Gasteiger partial charge in [-0.05, 0) is 37.1 Å². The molecular formula is C12H17ClN2O4S2. The fraction of sp³-hybridized carbons (Fsp3) is 0.500. The normalized spacial score (nSPS) is 20.8. The summed E-state index contributed by atoms with van der Waals surface area (Å²) < 4.78 is 49.7. The molecule has 1 aromatic carbocycles. The minimum atomic E-state index is -3.81. The Morgan fingerprint density at radius 3 is 2.52 bits per heavy atom. The van der Waals surface area contributed by atoms with Gasteiger partial charge in [-0.15, -0.1) is 0 Å². The predicted octanol–water partition coefficient (Wildman–Crippen LogP) is 0.713. The first-order valence-electron chi connectivity index (χ1n) is 6.36. The molecule has 0 bridgehead atoms. The van der Waals surface area contributed by atoms with Crippen LogP contribution < -0.4 is 5.73 Å². The monoisotopic (exact) mass is 352 g/mol. The lowest BCUT2D eigenvalue weighted by Crippen LogP contribution is -2.30. The zero-order valence-corrected chi connectivity index (χ0v) is 13.9. The number of rotatable bonds is 4. The van der Waals surface area contributed by atoms with Gasteiger partial charge >= 0.3 is 0 Å². The summed E-state index contributed by atoms with van der Waals surface area (Å²) in [4.78, 5) is -0.246. The topological polar surface area (TPSA) is 97.5 Å². The van der Waals surface area contributed by atoms with Crippen molar-refractivity contribution in [2.24, 2.45) is 11.7 Å². The molecule has 0 amide bonds. The van der Waals surface area contributed by atoms with Crippen LogP contribution in [0.3, 0.4) is 0 Å². The van der Waals surface area contributed by atoms with Crippen LogP contribution in [0.2, 0.25) is 5.02 Å². The first-order chi connectivity index (χ1) is 9.66. The quantitative estimate of drug-likeness (QED) is 0.860. The smallest absolute Gasteiger partial charge is 0.244 e. The molecule has 0 saturated carbocycles. The molecule has 1 heterocycles. The minimum absolute atomic E-state index is 0.0126. The molecular weight excluding hydrogens is 336 g/mol. The molecule has 0 aliphatic carbocycles. The van der Waals surface area contributed by atoms with Gasteiger partial charge in [-0.1, -0.05) is 11.6 Å². The maximum absolute atomic E-state index is 12.6. The van der Waals surface area contributed by atoms with Gasteiger partial charge in [-0.3, -0.25) is 0 Å². The van der Waals surface area contributed by atoms with E-state index in [-0.39, 0.29) is 20.7 Å². The van der Waals surface area contributed by atoms with Crippen LogP contribution >= 0.6 is 11.6 Å². The molecule has 1 fully saturated rings. The molecule has 1 atom stereocenters. The average molecular weight is 353 g/mol. The Balaban J connectivity index is 2.45. The van der Waals surface area contributed by atoms with Crippen LogP contribution in [0, 0.1) is 5.92 Å². The van der Waals surface area contributed by atoms with E-state index < -0.39 is 19.9 Å². The number of sulfonamides is 1. The molecule has 1 aliphatic rings. The van der Waals surface area contributed by atoms with Gasteiger partial charge < -0.3 is 5.73 Å². The molecule has 118 valence electrons. The highest BCUT2D eigenvalue weighted by Crippen LogP contribution is 2.30. The van der Waals surface area contributed by atoms with Crippen molar-refractivity contribution in [3.63, 3.8) is 0 Å². The molecule has 9 heteroatoms. The van der Waals surface area contributed by atoms with Crippen molar-refractivity contribution in [2.75, 3.05) is 25.9 Å². The molecule has 0 unspecified atom stereocenters. The summed E-state index contributed by atoms with van der Waals surface area (Å²) in [6.45, 7) is 1.12. The van der Waals surface area contributed by atoms with E-state index in [1.165, 1.54) is 16.4 Å². The van der Waals surface area contributed by atoms with Crippen LogP contribution in [0.4, 0.5) is 0 Å². The average Bonchev–Trinajstić information content (AvgIpc) is 2.87. The van der Waals surface area contributed by atoms with Crippen molar-refractivity contribution >= 4 is 31.5 Å². The van der Waals surface area contributed by atoms with Gasteiger partial charge in [0.25, 0.3) is 0 Å². The molecule has 1 aromatic rings. The first kappa shape index (κ1) is 16.7. The third-order valence-electron chi connectivity index (χ3n) is 3.53. The Morgan fingerprint density at radius 2 is 2.00 bits per heavy atom. The molecule has 21 heavy (non-hydrogen) atoms. The van der Waals surface area contributed by atoms with Crippen LogP contribution in [0.15, 0.2) is 28.0 Å². The van der Waals surface area contributed by atoms with Crippen LogP contribution in [-0.4, -0.2) is 47.0 Å². The first-order valence-corrected chi connectivity index (χ1v) is 10.1. The molecule has 0 aromatic heterocycles. The second-order valence-corrected chi connectivity index (χ2v) is 9.45. The van der Waals surface area contributed by atoms with E-state index in [1.807, 2.05) is 0 Å². The summed E-state index contributed by atoms with van der Waals surface area (Å²) in [5, 5.41) is 0.0126. The Labute approximate surface area is 129 Å². The van der Waals surface area contributed by atoms with E-state index in [0.29, 0.717) is 26.1 Å². The lowest BCUT2D eigenvalue weighted by Gasteiger charge is -2.17.